The van der Waals surface area contributed by atoms with Gasteiger partial charge < -0.3 is 16.0 Å². The SMILES string of the molecule is Cc1ccccc1C1CC(C)N(C(=O)CNC(=O)CN)C1.Cl. The average Bonchev–Trinajstić information content (AvgIpc) is 2.86. The van der Waals surface area contributed by atoms with Crippen molar-refractivity contribution in [1.82, 2.24) is 10.2 Å². The maximum atomic E-state index is 12.2. The van der Waals surface area contributed by atoms with Crippen LogP contribution in [0.15, 0.2) is 24.3 Å². The Bertz CT molecular complexity index is 536. The van der Waals surface area contributed by atoms with E-state index in [1.54, 1.807) is 0 Å². The van der Waals surface area contributed by atoms with Crippen LogP contribution >= 0.6 is 12.4 Å². The molecule has 0 aliphatic carbocycles. The lowest BCUT2D eigenvalue weighted by Crippen LogP contribution is -2.43. The fourth-order valence-electron chi connectivity index (χ4n) is 3.00. The summed E-state index contributed by atoms with van der Waals surface area (Å²) in [5, 5.41) is 2.54. The minimum absolute atomic E-state index is 0. The zero-order chi connectivity index (χ0) is 15.4. The molecule has 1 aliphatic heterocycles. The third-order valence-corrected chi connectivity index (χ3v) is 4.15. The summed E-state index contributed by atoms with van der Waals surface area (Å²) in [5.74, 6) is 0.0291. The second-order valence-electron chi connectivity index (χ2n) is 5.67. The first-order valence-corrected chi connectivity index (χ1v) is 7.34. The van der Waals surface area contributed by atoms with Crippen LogP contribution in [0.5, 0.6) is 0 Å². The van der Waals surface area contributed by atoms with Gasteiger partial charge in [0.1, 0.15) is 0 Å². The van der Waals surface area contributed by atoms with Gasteiger partial charge in [-0.25, -0.2) is 0 Å². The highest BCUT2D eigenvalue weighted by Gasteiger charge is 2.33. The highest BCUT2D eigenvalue weighted by Crippen LogP contribution is 2.33. The van der Waals surface area contributed by atoms with E-state index in [-0.39, 0.29) is 43.4 Å². The lowest BCUT2D eigenvalue weighted by molar-refractivity contribution is -0.133. The van der Waals surface area contributed by atoms with Gasteiger partial charge in [-0.3, -0.25) is 9.59 Å². The molecule has 5 nitrogen and oxygen atoms in total. The zero-order valence-corrected chi connectivity index (χ0v) is 13.9. The number of nitrogens with zero attached hydrogens (tertiary/aromatic N) is 1. The van der Waals surface area contributed by atoms with Gasteiger partial charge in [0.05, 0.1) is 13.1 Å². The molecule has 1 fully saturated rings. The van der Waals surface area contributed by atoms with Crippen molar-refractivity contribution in [2.24, 2.45) is 5.73 Å². The molecule has 0 spiro atoms. The van der Waals surface area contributed by atoms with Crippen LogP contribution in [0.3, 0.4) is 0 Å². The summed E-state index contributed by atoms with van der Waals surface area (Å²) in [6, 6.07) is 8.50. The van der Waals surface area contributed by atoms with Gasteiger partial charge in [-0.1, -0.05) is 24.3 Å². The predicted octanol–water partition coefficient (Wildman–Crippen LogP) is 1.20. The summed E-state index contributed by atoms with van der Waals surface area (Å²) in [7, 11) is 0. The van der Waals surface area contributed by atoms with E-state index in [9.17, 15) is 9.59 Å². The molecule has 0 aromatic heterocycles. The van der Waals surface area contributed by atoms with Crippen molar-refractivity contribution in [3.63, 3.8) is 0 Å². The molecule has 22 heavy (non-hydrogen) atoms. The molecule has 122 valence electrons. The molecule has 2 amide bonds. The van der Waals surface area contributed by atoms with Crippen LogP contribution in [0.1, 0.15) is 30.4 Å². The topological polar surface area (TPSA) is 75.4 Å². The molecule has 1 aromatic carbocycles. The second-order valence-corrected chi connectivity index (χ2v) is 5.67. The van der Waals surface area contributed by atoms with Gasteiger partial charge in [-0.05, 0) is 31.4 Å². The van der Waals surface area contributed by atoms with E-state index in [0.29, 0.717) is 12.5 Å². The number of carbonyl (C=O) groups is 2. The molecule has 1 aromatic rings. The number of aryl methyl sites for hydroxylation is 1. The zero-order valence-electron chi connectivity index (χ0n) is 13.0. The van der Waals surface area contributed by atoms with Gasteiger partial charge in [0.25, 0.3) is 0 Å². The Morgan fingerprint density at radius 3 is 2.68 bits per heavy atom. The smallest absolute Gasteiger partial charge is 0.242 e. The van der Waals surface area contributed by atoms with Crippen molar-refractivity contribution in [2.45, 2.75) is 32.2 Å². The number of rotatable bonds is 4. The minimum Gasteiger partial charge on any atom is -0.346 e. The van der Waals surface area contributed by atoms with E-state index >= 15 is 0 Å². The van der Waals surface area contributed by atoms with Crippen LogP contribution < -0.4 is 11.1 Å². The number of amides is 2. The lowest BCUT2D eigenvalue weighted by Gasteiger charge is -2.21. The fourth-order valence-corrected chi connectivity index (χ4v) is 3.00. The lowest BCUT2D eigenvalue weighted by atomic mass is 9.93. The van der Waals surface area contributed by atoms with Gasteiger partial charge in [0.15, 0.2) is 0 Å². The van der Waals surface area contributed by atoms with E-state index in [4.69, 9.17) is 5.73 Å². The van der Waals surface area contributed by atoms with Crippen molar-refractivity contribution < 1.29 is 9.59 Å². The Hall–Kier alpha value is -1.59. The third kappa shape index (κ3) is 4.21. The average molecular weight is 326 g/mol. The summed E-state index contributed by atoms with van der Waals surface area (Å²) in [5.41, 5.74) is 7.79. The molecule has 0 radical (unpaired) electrons. The predicted molar refractivity (Wildman–Crippen MR) is 89.0 cm³/mol. The summed E-state index contributed by atoms with van der Waals surface area (Å²) in [6.07, 6.45) is 0.960. The van der Waals surface area contributed by atoms with Gasteiger partial charge >= 0.3 is 0 Å². The molecule has 1 heterocycles. The van der Waals surface area contributed by atoms with Crippen LogP contribution in [-0.2, 0) is 9.59 Å². The first-order chi connectivity index (χ1) is 10.0. The highest BCUT2D eigenvalue weighted by molar-refractivity contribution is 5.86. The molecule has 2 atom stereocenters. The van der Waals surface area contributed by atoms with Crippen molar-refractivity contribution in [2.75, 3.05) is 19.6 Å². The normalized spacial score (nSPS) is 20.4. The molecule has 2 unspecified atom stereocenters. The highest BCUT2D eigenvalue weighted by atomic mass is 35.5. The van der Waals surface area contributed by atoms with E-state index in [1.165, 1.54) is 11.1 Å². The summed E-state index contributed by atoms with van der Waals surface area (Å²) in [6.45, 7) is 4.81. The van der Waals surface area contributed by atoms with Crippen LogP contribution in [0, 0.1) is 6.92 Å². The number of nitrogens with one attached hydrogen (secondary N) is 1. The molecule has 1 aliphatic rings. The van der Waals surface area contributed by atoms with E-state index in [0.717, 1.165) is 6.42 Å². The fraction of sp³-hybridized carbons (Fsp3) is 0.500. The molecule has 1 saturated heterocycles. The first-order valence-electron chi connectivity index (χ1n) is 7.34. The summed E-state index contributed by atoms with van der Waals surface area (Å²) < 4.78 is 0. The minimum atomic E-state index is -0.300. The molecule has 0 saturated carbocycles. The first kappa shape index (κ1) is 18.5. The van der Waals surface area contributed by atoms with Gasteiger partial charge in [0, 0.05) is 18.5 Å². The summed E-state index contributed by atoms with van der Waals surface area (Å²) in [4.78, 5) is 25.2. The number of hydrogen-bond acceptors (Lipinski definition) is 3. The number of halogens is 1. The van der Waals surface area contributed by atoms with Crippen LogP contribution in [-0.4, -0.2) is 42.4 Å². The van der Waals surface area contributed by atoms with Crippen molar-refractivity contribution >= 4 is 24.2 Å². The number of benzene rings is 1. The summed E-state index contributed by atoms with van der Waals surface area (Å²) >= 11 is 0. The molecular weight excluding hydrogens is 302 g/mol. The van der Waals surface area contributed by atoms with E-state index < -0.39 is 0 Å². The second kappa shape index (κ2) is 8.15. The van der Waals surface area contributed by atoms with Crippen molar-refractivity contribution in [3.05, 3.63) is 35.4 Å². The monoisotopic (exact) mass is 325 g/mol. The Balaban J connectivity index is 0.00000242. The number of nitrogens with two attached hydrogens (primary N) is 1. The van der Waals surface area contributed by atoms with Gasteiger partial charge in [-0.2, -0.15) is 0 Å². The molecule has 3 N–H and O–H groups in total. The number of likely N-dealkylation sites (tertiary alicyclic amines) is 1. The Labute approximate surface area is 137 Å². The van der Waals surface area contributed by atoms with Crippen molar-refractivity contribution in [3.8, 4) is 0 Å². The standard InChI is InChI=1S/C16H23N3O2.ClH/c1-11-5-3-4-6-14(11)13-7-12(2)19(10-13)16(21)9-18-15(20)8-17;/h3-6,12-13H,7-10,17H2,1-2H3,(H,18,20);1H. The van der Waals surface area contributed by atoms with Crippen molar-refractivity contribution in [1.29, 1.82) is 0 Å². The van der Waals surface area contributed by atoms with E-state index in [1.807, 2.05) is 17.0 Å². The molecule has 6 heteroatoms. The Kier molecular flexibility index (Phi) is 6.84. The van der Waals surface area contributed by atoms with Crippen LogP contribution in [0.25, 0.3) is 0 Å². The Morgan fingerprint density at radius 1 is 1.36 bits per heavy atom. The molecule has 0 bridgehead atoms. The van der Waals surface area contributed by atoms with Gasteiger partial charge in [0.2, 0.25) is 11.8 Å². The molecular formula is C16H24ClN3O2. The maximum Gasteiger partial charge on any atom is 0.242 e. The Morgan fingerprint density at radius 2 is 2.05 bits per heavy atom. The van der Waals surface area contributed by atoms with Gasteiger partial charge in [-0.15, -0.1) is 12.4 Å². The largest absolute Gasteiger partial charge is 0.346 e. The quantitative estimate of drug-likeness (QED) is 0.873. The number of hydrogen-bond donors (Lipinski definition) is 2. The third-order valence-electron chi connectivity index (χ3n) is 4.15. The molecule has 2 rings (SSSR count). The maximum absolute atomic E-state index is 12.2. The van der Waals surface area contributed by atoms with Crippen LogP contribution in [0.4, 0.5) is 0 Å². The van der Waals surface area contributed by atoms with E-state index in [2.05, 4.69) is 31.3 Å². The van der Waals surface area contributed by atoms with Crippen LogP contribution in [0.2, 0.25) is 0 Å². The number of carbonyl (C=O) groups excluding carboxylic acids is 2.